The Morgan fingerprint density at radius 1 is 1.27 bits per heavy atom. The smallest absolute Gasteiger partial charge is 0.219 e. The van der Waals surface area contributed by atoms with Gasteiger partial charge in [-0.3, -0.25) is 4.79 Å². The number of hydrogen-bond donors (Lipinski definition) is 2. The van der Waals surface area contributed by atoms with Crippen LogP contribution in [0.25, 0.3) is 0 Å². The first-order valence-corrected chi connectivity index (χ1v) is 8.27. The monoisotopic (exact) mass is 324 g/mol. The number of unbranched alkanes of at least 4 members (excludes halogenated alkanes) is 1. The van der Waals surface area contributed by atoms with E-state index in [4.69, 9.17) is 0 Å². The fraction of sp³-hybridized carbons (Fsp3) is 0.611. The number of hydrogen-bond acceptors (Lipinski definition) is 2. The molecular weight excluding hydrogens is 296 g/mol. The van der Waals surface area contributed by atoms with Crippen molar-refractivity contribution in [1.82, 2.24) is 10.6 Å². The number of benzene rings is 1. The van der Waals surface area contributed by atoms with E-state index in [1.807, 2.05) is 0 Å². The highest BCUT2D eigenvalue weighted by atomic mass is 35.5. The summed E-state index contributed by atoms with van der Waals surface area (Å²) in [5, 5.41) is 6.41. The maximum atomic E-state index is 11.7. The first-order chi connectivity index (χ1) is 10.2. The molecule has 0 radical (unpaired) electrons. The molecule has 1 aromatic rings. The zero-order valence-corrected chi connectivity index (χ0v) is 14.4. The van der Waals surface area contributed by atoms with E-state index in [9.17, 15) is 4.79 Å². The lowest BCUT2D eigenvalue weighted by atomic mass is 10.0. The van der Waals surface area contributed by atoms with Crippen molar-refractivity contribution in [1.29, 1.82) is 0 Å². The summed E-state index contributed by atoms with van der Waals surface area (Å²) in [6, 6.07) is 8.68. The van der Waals surface area contributed by atoms with Crippen LogP contribution in [0.4, 0.5) is 0 Å². The van der Waals surface area contributed by atoms with Crippen LogP contribution in [0.15, 0.2) is 24.3 Å². The van der Waals surface area contributed by atoms with Gasteiger partial charge in [0.25, 0.3) is 0 Å². The zero-order chi connectivity index (χ0) is 14.9. The summed E-state index contributed by atoms with van der Waals surface area (Å²) in [4.78, 5) is 11.7. The average Bonchev–Trinajstić information content (AvgIpc) is 2.99. The number of halogens is 1. The van der Waals surface area contributed by atoms with Gasteiger partial charge in [0.1, 0.15) is 0 Å². The highest BCUT2D eigenvalue weighted by molar-refractivity contribution is 5.85. The van der Waals surface area contributed by atoms with Gasteiger partial charge in [-0.25, -0.2) is 0 Å². The van der Waals surface area contributed by atoms with Crippen molar-refractivity contribution in [3.8, 4) is 0 Å². The van der Waals surface area contributed by atoms with Crippen molar-refractivity contribution in [2.45, 2.75) is 45.4 Å². The molecule has 1 fully saturated rings. The quantitative estimate of drug-likeness (QED) is 0.721. The molecule has 4 heteroatoms. The minimum Gasteiger partial charge on any atom is -0.356 e. The third-order valence-electron chi connectivity index (χ3n) is 4.28. The van der Waals surface area contributed by atoms with E-state index in [1.165, 1.54) is 17.5 Å². The summed E-state index contributed by atoms with van der Waals surface area (Å²) in [6.07, 6.45) is 6.17. The van der Waals surface area contributed by atoms with Crippen LogP contribution < -0.4 is 10.6 Å². The molecule has 0 bridgehead atoms. The van der Waals surface area contributed by atoms with Gasteiger partial charge in [-0.2, -0.15) is 0 Å². The number of nitrogens with one attached hydrogen (secondary N) is 2. The summed E-state index contributed by atoms with van der Waals surface area (Å²) in [5.74, 6) is 0.969. The van der Waals surface area contributed by atoms with E-state index in [2.05, 4.69) is 41.8 Å². The second kappa shape index (κ2) is 10.6. The largest absolute Gasteiger partial charge is 0.356 e. The lowest BCUT2D eigenvalue weighted by Crippen LogP contribution is -2.26. The number of carbonyl (C=O) groups is 1. The van der Waals surface area contributed by atoms with Gasteiger partial charge in [-0.15, -0.1) is 12.4 Å². The Bertz CT molecular complexity index is 427. The maximum absolute atomic E-state index is 11.7. The summed E-state index contributed by atoms with van der Waals surface area (Å²) in [5.41, 5.74) is 2.67. The maximum Gasteiger partial charge on any atom is 0.219 e. The summed E-state index contributed by atoms with van der Waals surface area (Å²) in [6.45, 7) is 5.20. The average molecular weight is 325 g/mol. The van der Waals surface area contributed by atoms with Crippen LogP contribution in [0.3, 0.4) is 0 Å². The normalized spacial score (nSPS) is 17.0. The van der Waals surface area contributed by atoms with E-state index in [1.54, 1.807) is 0 Å². The molecule has 1 saturated heterocycles. The van der Waals surface area contributed by atoms with Crippen LogP contribution in [-0.4, -0.2) is 25.5 Å². The number of rotatable bonds is 8. The van der Waals surface area contributed by atoms with E-state index in [0.717, 1.165) is 51.2 Å². The molecular formula is C18H29ClN2O. The van der Waals surface area contributed by atoms with Gasteiger partial charge in [0.05, 0.1) is 0 Å². The molecule has 1 heterocycles. The molecule has 1 unspecified atom stereocenters. The second-order valence-electron chi connectivity index (χ2n) is 6.19. The first-order valence-electron chi connectivity index (χ1n) is 8.27. The van der Waals surface area contributed by atoms with E-state index >= 15 is 0 Å². The van der Waals surface area contributed by atoms with Gasteiger partial charge >= 0.3 is 0 Å². The van der Waals surface area contributed by atoms with Gasteiger partial charge in [-0.05, 0) is 63.6 Å². The lowest BCUT2D eigenvalue weighted by Gasteiger charge is -2.09. The molecule has 2 N–H and O–H groups in total. The molecule has 1 atom stereocenters. The Balaban J connectivity index is 0.00000242. The fourth-order valence-corrected chi connectivity index (χ4v) is 2.83. The molecule has 0 spiro atoms. The van der Waals surface area contributed by atoms with Crippen molar-refractivity contribution in [2.24, 2.45) is 5.92 Å². The predicted octanol–water partition coefficient (Wildman–Crippen LogP) is 3.25. The molecule has 1 aliphatic heterocycles. The Kier molecular flexibility index (Phi) is 9.17. The molecule has 0 saturated carbocycles. The van der Waals surface area contributed by atoms with Crippen molar-refractivity contribution < 1.29 is 4.79 Å². The molecule has 3 nitrogen and oxygen atoms in total. The van der Waals surface area contributed by atoms with Crippen LogP contribution in [0.5, 0.6) is 0 Å². The van der Waals surface area contributed by atoms with Crippen molar-refractivity contribution >= 4 is 18.3 Å². The molecule has 124 valence electrons. The predicted molar refractivity (Wildman–Crippen MR) is 94.6 cm³/mol. The zero-order valence-electron chi connectivity index (χ0n) is 13.6. The molecule has 0 aromatic heterocycles. The minimum atomic E-state index is 0. The van der Waals surface area contributed by atoms with Gasteiger partial charge in [0.15, 0.2) is 0 Å². The SMILES string of the molecule is Cc1ccc(CCCCC(=O)NCCC2CCNC2)cc1.Cl. The van der Waals surface area contributed by atoms with E-state index in [-0.39, 0.29) is 18.3 Å². The van der Waals surface area contributed by atoms with Crippen molar-refractivity contribution in [3.05, 3.63) is 35.4 Å². The highest BCUT2D eigenvalue weighted by Gasteiger charge is 2.13. The summed E-state index contributed by atoms with van der Waals surface area (Å²) < 4.78 is 0. The number of amides is 1. The topological polar surface area (TPSA) is 41.1 Å². The van der Waals surface area contributed by atoms with E-state index < -0.39 is 0 Å². The third-order valence-corrected chi connectivity index (χ3v) is 4.28. The van der Waals surface area contributed by atoms with Crippen LogP contribution in [0.1, 0.15) is 43.2 Å². The Morgan fingerprint density at radius 2 is 2.05 bits per heavy atom. The second-order valence-corrected chi connectivity index (χ2v) is 6.19. The molecule has 0 aliphatic carbocycles. The molecule has 1 aromatic carbocycles. The Labute approximate surface area is 140 Å². The molecule has 2 rings (SSSR count). The number of aryl methyl sites for hydroxylation is 2. The summed E-state index contributed by atoms with van der Waals surface area (Å²) >= 11 is 0. The highest BCUT2D eigenvalue weighted by Crippen LogP contribution is 2.11. The molecule has 1 aliphatic rings. The van der Waals surface area contributed by atoms with Crippen LogP contribution in [-0.2, 0) is 11.2 Å². The third kappa shape index (κ3) is 7.28. The van der Waals surface area contributed by atoms with Gasteiger partial charge in [0.2, 0.25) is 5.91 Å². The first kappa shape index (κ1) is 19.0. The molecule has 1 amide bonds. The minimum absolute atomic E-state index is 0. The summed E-state index contributed by atoms with van der Waals surface area (Å²) in [7, 11) is 0. The van der Waals surface area contributed by atoms with Crippen molar-refractivity contribution in [3.63, 3.8) is 0 Å². The van der Waals surface area contributed by atoms with Gasteiger partial charge in [0, 0.05) is 13.0 Å². The fourth-order valence-electron chi connectivity index (χ4n) is 2.83. The Morgan fingerprint density at radius 3 is 2.73 bits per heavy atom. The molecule has 22 heavy (non-hydrogen) atoms. The van der Waals surface area contributed by atoms with Crippen LogP contribution >= 0.6 is 12.4 Å². The van der Waals surface area contributed by atoms with Crippen LogP contribution in [0, 0.1) is 12.8 Å². The lowest BCUT2D eigenvalue weighted by molar-refractivity contribution is -0.121. The van der Waals surface area contributed by atoms with Gasteiger partial charge in [-0.1, -0.05) is 29.8 Å². The standard InChI is InChI=1S/C18H28N2O.ClH/c1-15-6-8-16(9-7-15)4-2-3-5-18(21)20-13-11-17-10-12-19-14-17;/h6-9,17,19H,2-5,10-14H2,1H3,(H,20,21);1H. The van der Waals surface area contributed by atoms with Crippen LogP contribution in [0.2, 0.25) is 0 Å². The Hall–Kier alpha value is -1.06. The number of carbonyl (C=O) groups excluding carboxylic acids is 1. The van der Waals surface area contributed by atoms with E-state index in [0.29, 0.717) is 6.42 Å². The van der Waals surface area contributed by atoms with Crippen molar-refractivity contribution in [2.75, 3.05) is 19.6 Å². The van der Waals surface area contributed by atoms with Gasteiger partial charge < -0.3 is 10.6 Å².